The molecule has 1 saturated carbocycles. The van der Waals surface area contributed by atoms with Gasteiger partial charge >= 0.3 is 0 Å². The summed E-state index contributed by atoms with van der Waals surface area (Å²) in [5.74, 6) is 1.96. The van der Waals surface area contributed by atoms with Crippen LogP contribution in [-0.4, -0.2) is 22.4 Å². The fraction of sp³-hybridized carbons (Fsp3) is 0.769. The van der Waals surface area contributed by atoms with Crippen LogP contribution in [0.4, 0.5) is 11.5 Å². The van der Waals surface area contributed by atoms with Gasteiger partial charge in [-0.05, 0) is 39.0 Å². The summed E-state index contributed by atoms with van der Waals surface area (Å²) in [5.41, 5.74) is 8.11. The summed E-state index contributed by atoms with van der Waals surface area (Å²) in [7, 11) is 1.99. The Hall–Kier alpha value is -1.19. The molecule has 2 N–H and O–H groups in total. The van der Waals surface area contributed by atoms with Gasteiger partial charge in [0.1, 0.15) is 0 Å². The van der Waals surface area contributed by atoms with Gasteiger partial charge in [-0.25, -0.2) is 0 Å². The molecule has 96 valence electrons. The maximum atomic E-state index is 6.22. The Morgan fingerprint density at radius 3 is 2.53 bits per heavy atom. The van der Waals surface area contributed by atoms with Crippen LogP contribution in [0.5, 0.6) is 0 Å². The Balaban J connectivity index is 2.30. The lowest BCUT2D eigenvalue weighted by atomic mass is 10.2. The first kappa shape index (κ1) is 12.3. The third-order valence-corrected chi connectivity index (χ3v) is 3.51. The van der Waals surface area contributed by atoms with Crippen molar-refractivity contribution in [2.75, 3.05) is 17.2 Å². The van der Waals surface area contributed by atoms with Crippen molar-refractivity contribution in [3.05, 3.63) is 5.69 Å². The number of aromatic nitrogens is 2. The molecule has 0 unspecified atom stereocenters. The van der Waals surface area contributed by atoms with E-state index in [2.05, 4.69) is 30.8 Å². The fourth-order valence-electron chi connectivity index (χ4n) is 2.31. The average Bonchev–Trinajstić information content (AvgIpc) is 3.03. The lowest BCUT2D eigenvalue weighted by molar-refractivity contribution is 0.609. The molecule has 4 nitrogen and oxygen atoms in total. The molecule has 0 spiro atoms. The monoisotopic (exact) mass is 236 g/mol. The minimum Gasteiger partial charge on any atom is -0.394 e. The van der Waals surface area contributed by atoms with Gasteiger partial charge in [0, 0.05) is 19.6 Å². The van der Waals surface area contributed by atoms with Crippen LogP contribution < -0.4 is 10.6 Å². The number of rotatable bonds is 5. The van der Waals surface area contributed by atoms with Crippen molar-refractivity contribution in [2.24, 2.45) is 13.0 Å². The first-order valence-corrected chi connectivity index (χ1v) is 6.62. The van der Waals surface area contributed by atoms with Crippen LogP contribution in [0.2, 0.25) is 0 Å². The van der Waals surface area contributed by atoms with E-state index in [0.717, 1.165) is 36.1 Å². The van der Waals surface area contributed by atoms with Gasteiger partial charge in [-0.3, -0.25) is 4.68 Å². The quantitative estimate of drug-likeness (QED) is 0.852. The minimum atomic E-state index is 0.470. The summed E-state index contributed by atoms with van der Waals surface area (Å²) in [5, 5.41) is 4.51. The van der Waals surface area contributed by atoms with Crippen LogP contribution >= 0.6 is 0 Å². The second-order valence-corrected chi connectivity index (χ2v) is 5.35. The second kappa shape index (κ2) is 4.59. The van der Waals surface area contributed by atoms with Gasteiger partial charge in [0.05, 0.1) is 11.4 Å². The maximum Gasteiger partial charge on any atom is 0.150 e. The van der Waals surface area contributed by atoms with Crippen LogP contribution in [0.25, 0.3) is 0 Å². The zero-order valence-corrected chi connectivity index (χ0v) is 11.4. The molecule has 1 aliphatic rings. The van der Waals surface area contributed by atoms with Crippen molar-refractivity contribution in [3.8, 4) is 0 Å². The molecule has 1 aromatic heterocycles. The normalized spacial score (nSPS) is 15.6. The predicted octanol–water partition coefficient (Wildman–Crippen LogP) is 2.19. The molecule has 0 radical (unpaired) electrons. The Kier molecular flexibility index (Phi) is 3.31. The first-order chi connectivity index (χ1) is 8.04. The van der Waals surface area contributed by atoms with E-state index in [4.69, 9.17) is 5.73 Å². The molecule has 0 aromatic carbocycles. The Labute approximate surface area is 104 Å². The molecule has 4 heteroatoms. The summed E-state index contributed by atoms with van der Waals surface area (Å²) in [6.07, 6.45) is 3.62. The van der Waals surface area contributed by atoms with Gasteiger partial charge in [-0.1, -0.05) is 6.92 Å². The molecule has 1 aromatic rings. The number of aryl methyl sites for hydroxylation is 2. The third-order valence-electron chi connectivity index (χ3n) is 3.51. The van der Waals surface area contributed by atoms with E-state index in [-0.39, 0.29) is 0 Å². The predicted molar refractivity (Wildman–Crippen MR) is 72.2 cm³/mol. The van der Waals surface area contributed by atoms with Crippen molar-refractivity contribution in [1.82, 2.24) is 9.78 Å². The second-order valence-electron chi connectivity index (χ2n) is 5.35. The van der Waals surface area contributed by atoms with Crippen LogP contribution in [0, 0.1) is 5.92 Å². The highest BCUT2D eigenvalue weighted by Gasteiger charge is 2.28. The van der Waals surface area contributed by atoms with E-state index in [0.29, 0.717) is 6.04 Å². The number of hydrogen-bond acceptors (Lipinski definition) is 3. The highest BCUT2D eigenvalue weighted by Crippen LogP contribution is 2.35. The van der Waals surface area contributed by atoms with Crippen molar-refractivity contribution in [1.29, 1.82) is 0 Å². The van der Waals surface area contributed by atoms with Gasteiger partial charge in [-0.2, -0.15) is 5.10 Å². The molecule has 2 rings (SSSR count). The molecule has 0 aliphatic heterocycles. The summed E-state index contributed by atoms with van der Waals surface area (Å²) >= 11 is 0. The van der Waals surface area contributed by atoms with Gasteiger partial charge in [0.2, 0.25) is 0 Å². The lowest BCUT2D eigenvalue weighted by Gasteiger charge is -2.29. The molecule has 0 atom stereocenters. The summed E-state index contributed by atoms with van der Waals surface area (Å²) in [4.78, 5) is 2.40. The lowest BCUT2D eigenvalue weighted by Crippen LogP contribution is -2.34. The van der Waals surface area contributed by atoms with Crippen LogP contribution in [-0.2, 0) is 13.5 Å². The van der Waals surface area contributed by atoms with E-state index in [1.807, 2.05) is 11.7 Å². The van der Waals surface area contributed by atoms with E-state index < -0.39 is 0 Å². The van der Waals surface area contributed by atoms with Crippen molar-refractivity contribution in [3.63, 3.8) is 0 Å². The summed E-state index contributed by atoms with van der Waals surface area (Å²) < 4.78 is 1.94. The van der Waals surface area contributed by atoms with Crippen LogP contribution in [0.1, 0.15) is 39.3 Å². The standard InChI is InChI=1S/C13H24N4/c1-5-11-12(14)13(16(4)15-11)17(9(2)3)8-10-6-7-10/h9-10H,5-8,14H2,1-4H3. The van der Waals surface area contributed by atoms with Gasteiger partial charge in [0.25, 0.3) is 0 Å². The van der Waals surface area contributed by atoms with Crippen molar-refractivity contribution in [2.45, 2.75) is 46.1 Å². The Morgan fingerprint density at radius 1 is 1.47 bits per heavy atom. The van der Waals surface area contributed by atoms with Crippen molar-refractivity contribution < 1.29 is 0 Å². The molecule has 0 saturated heterocycles. The first-order valence-electron chi connectivity index (χ1n) is 6.62. The zero-order valence-electron chi connectivity index (χ0n) is 11.4. The maximum absolute atomic E-state index is 6.22. The number of nitrogens with two attached hydrogens (primary N) is 1. The topological polar surface area (TPSA) is 47.1 Å². The molecule has 0 amide bonds. The molecule has 1 fully saturated rings. The highest BCUT2D eigenvalue weighted by molar-refractivity contribution is 5.67. The number of nitrogens with zero attached hydrogens (tertiary/aromatic N) is 3. The molecular formula is C13H24N4. The number of hydrogen-bond donors (Lipinski definition) is 1. The molecule has 0 bridgehead atoms. The number of anilines is 2. The SMILES string of the molecule is CCc1nn(C)c(N(CC2CC2)C(C)C)c1N. The number of nitrogen functional groups attached to an aromatic ring is 1. The van der Waals surface area contributed by atoms with E-state index in [1.165, 1.54) is 12.8 Å². The molecule has 1 heterocycles. The summed E-state index contributed by atoms with van der Waals surface area (Å²) in [6, 6.07) is 0.470. The van der Waals surface area contributed by atoms with E-state index in [1.54, 1.807) is 0 Å². The average molecular weight is 236 g/mol. The highest BCUT2D eigenvalue weighted by atomic mass is 15.4. The fourth-order valence-corrected chi connectivity index (χ4v) is 2.31. The van der Waals surface area contributed by atoms with Gasteiger partial charge in [-0.15, -0.1) is 0 Å². The minimum absolute atomic E-state index is 0.470. The summed E-state index contributed by atoms with van der Waals surface area (Å²) in [6.45, 7) is 7.66. The van der Waals surface area contributed by atoms with Crippen LogP contribution in [0.3, 0.4) is 0 Å². The van der Waals surface area contributed by atoms with Crippen LogP contribution in [0.15, 0.2) is 0 Å². The van der Waals surface area contributed by atoms with E-state index in [9.17, 15) is 0 Å². The van der Waals surface area contributed by atoms with E-state index >= 15 is 0 Å². The third kappa shape index (κ3) is 2.40. The van der Waals surface area contributed by atoms with Crippen molar-refractivity contribution >= 4 is 11.5 Å². The molecule has 17 heavy (non-hydrogen) atoms. The zero-order chi connectivity index (χ0) is 12.6. The smallest absolute Gasteiger partial charge is 0.150 e. The Bertz CT molecular complexity index is 390. The molecule has 1 aliphatic carbocycles. The van der Waals surface area contributed by atoms with Gasteiger partial charge in [0.15, 0.2) is 5.82 Å². The van der Waals surface area contributed by atoms with Gasteiger partial charge < -0.3 is 10.6 Å². The molecular weight excluding hydrogens is 212 g/mol. The Morgan fingerprint density at radius 2 is 2.12 bits per heavy atom. The largest absolute Gasteiger partial charge is 0.394 e.